The first-order valence-corrected chi connectivity index (χ1v) is 12.1. The van der Waals surface area contributed by atoms with Crippen molar-refractivity contribution in [2.75, 3.05) is 0 Å². The third-order valence-electron chi connectivity index (χ3n) is 6.35. The number of rotatable bonds is 1. The molecule has 3 aromatic carbocycles. The molecule has 0 amide bonds. The van der Waals surface area contributed by atoms with E-state index in [1.807, 2.05) is 56.3 Å². The summed E-state index contributed by atoms with van der Waals surface area (Å²) < 4.78 is 70.9. The minimum Gasteiger partial charge on any atom is -0.304 e. The minimum atomic E-state index is -2.67. The Kier molecular flexibility index (Phi) is 4.83. The molecule has 0 spiro atoms. The van der Waals surface area contributed by atoms with Crippen LogP contribution >= 0.6 is 0 Å². The number of hydrogen-bond acceptors (Lipinski definition) is 3. The van der Waals surface area contributed by atoms with E-state index in [9.17, 15) is 0 Å². The number of para-hydroxylation sites is 1. The van der Waals surface area contributed by atoms with Gasteiger partial charge in [0.05, 0.1) is 11.2 Å². The van der Waals surface area contributed by atoms with Crippen molar-refractivity contribution >= 4 is 38.2 Å². The van der Waals surface area contributed by atoms with Crippen molar-refractivity contribution in [3.05, 3.63) is 119 Å². The van der Waals surface area contributed by atoms with Crippen molar-refractivity contribution in [2.24, 2.45) is 0 Å². The maximum Gasteiger partial charge on any atom is 0.0624 e. The zero-order valence-corrected chi connectivity index (χ0v) is 23.5. The van der Waals surface area contributed by atoms with Gasteiger partial charge < -0.3 is 4.98 Å². The molecule has 7 rings (SSSR count). The number of nitrogens with zero attached hydrogens (tertiary/aromatic N) is 4. The maximum absolute atomic E-state index is 8.01. The maximum atomic E-state index is 8.01. The molecule has 195 valence electrons. The number of fused-ring (bicyclic) bond motifs is 7. The fraction of sp³-hybridized carbons (Fsp3) is 0.147. The second-order valence-electron chi connectivity index (χ2n) is 9.18. The molecule has 0 bridgehead atoms. The van der Waals surface area contributed by atoms with Crippen molar-refractivity contribution in [2.45, 2.75) is 34.4 Å². The molecule has 0 atom stereocenters. The fourth-order valence-electron chi connectivity index (χ4n) is 4.71. The molecule has 7 aromatic rings. The molecule has 0 saturated carbocycles. The Morgan fingerprint density at radius 3 is 2.56 bits per heavy atom. The van der Waals surface area contributed by atoms with E-state index in [1.165, 1.54) is 10.7 Å². The van der Waals surface area contributed by atoms with Gasteiger partial charge in [0.2, 0.25) is 0 Å². The number of pyridine rings is 3. The van der Waals surface area contributed by atoms with E-state index >= 15 is 0 Å². The molecule has 0 saturated heterocycles. The van der Waals surface area contributed by atoms with Crippen LogP contribution in [0, 0.1) is 46.5 Å². The Morgan fingerprint density at radius 1 is 0.897 bits per heavy atom. The van der Waals surface area contributed by atoms with Crippen LogP contribution in [0.5, 0.6) is 0 Å². The van der Waals surface area contributed by atoms with Gasteiger partial charge >= 0.3 is 0 Å². The van der Waals surface area contributed by atoms with Gasteiger partial charge in [-0.15, -0.1) is 64.5 Å². The van der Waals surface area contributed by atoms with Crippen LogP contribution < -0.4 is 0 Å². The zero-order valence-electron chi connectivity index (χ0n) is 30.1. The standard InChI is InChI=1S/C20H14N3.C14H14N.Ir/c1-12-13(2)22-23-18-11-14-7-3-6-10-17(14)21-19(18)15-8-4-5-9-16(15)20(12)23;1-10-4-5-14(15-9-10)13-7-11(2)6-12(3)8-13;/h3-7,9-11H,1-2H3;4-7,9H,1-3H3;/q2*-1;/i1D3,2D3;1D3;. The molecule has 5 heteroatoms. The molecular weight excluding hydrogens is 657 g/mol. The van der Waals surface area contributed by atoms with E-state index in [1.54, 1.807) is 30.3 Å². The topological polar surface area (TPSA) is 43.1 Å². The number of aromatic nitrogens is 4. The average Bonchev–Trinajstić information content (AvgIpc) is 3.43. The summed E-state index contributed by atoms with van der Waals surface area (Å²) in [4.78, 5) is 8.95. The summed E-state index contributed by atoms with van der Waals surface area (Å²) in [5.41, 5.74) is 5.58. The summed E-state index contributed by atoms with van der Waals surface area (Å²) in [5.74, 6) is 0. The molecule has 0 fully saturated rings. The van der Waals surface area contributed by atoms with Gasteiger partial charge in [-0.1, -0.05) is 49.6 Å². The van der Waals surface area contributed by atoms with Crippen LogP contribution in [0.15, 0.2) is 79.0 Å². The van der Waals surface area contributed by atoms with Crippen LogP contribution in [-0.4, -0.2) is 19.6 Å². The molecule has 4 nitrogen and oxygen atoms in total. The van der Waals surface area contributed by atoms with E-state index in [0.29, 0.717) is 21.8 Å². The van der Waals surface area contributed by atoms with Crippen LogP contribution in [-0.2, 0) is 20.1 Å². The Balaban J connectivity index is 0.000000205. The zero-order chi connectivity index (χ0) is 33.9. The third-order valence-corrected chi connectivity index (χ3v) is 6.35. The van der Waals surface area contributed by atoms with Gasteiger partial charge in [0.1, 0.15) is 0 Å². The Hall–Kier alpha value is -3.92. The van der Waals surface area contributed by atoms with Gasteiger partial charge in [-0.25, -0.2) is 4.52 Å². The van der Waals surface area contributed by atoms with E-state index in [0.717, 1.165) is 33.3 Å². The molecule has 0 aliphatic carbocycles. The number of benzene rings is 3. The second-order valence-corrected chi connectivity index (χ2v) is 9.18. The van der Waals surface area contributed by atoms with Crippen molar-refractivity contribution < 1.29 is 32.4 Å². The smallest absolute Gasteiger partial charge is 0.0624 e. The molecule has 0 aliphatic rings. The Bertz CT molecular complexity index is 2270. The summed E-state index contributed by atoms with van der Waals surface area (Å²) in [5, 5.41) is 6.30. The molecule has 0 aliphatic heterocycles. The predicted octanol–water partition coefficient (Wildman–Crippen LogP) is 8.08. The van der Waals surface area contributed by atoms with Gasteiger partial charge in [0, 0.05) is 60.6 Å². The van der Waals surface area contributed by atoms with Crippen molar-refractivity contribution in [3.8, 4) is 11.3 Å². The van der Waals surface area contributed by atoms with Crippen LogP contribution in [0.2, 0.25) is 0 Å². The van der Waals surface area contributed by atoms with E-state index < -0.39 is 26.2 Å². The van der Waals surface area contributed by atoms with Gasteiger partial charge in [-0.2, -0.15) is 5.10 Å². The third kappa shape index (κ3) is 4.96. The first-order valence-electron chi connectivity index (χ1n) is 16.6. The molecule has 1 radical (unpaired) electrons. The van der Waals surface area contributed by atoms with Crippen LogP contribution in [0.1, 0.15) is 40.3 Å². The van der Waals surface area contributed by atoms with Gasteiger partial charge in [-0.3, -0.25) is 4.98 Å². The summed E-state index contributed by atoms with van der Waals surface area (Å²) in [6.07, 6.45) is 1.41. The van der Waals surface area contributed by atoms with Crippen molar-refractivity contribution in [1.29, 1.82) is 0 Å². The van der Waals surface area contributed by atoms with Crippen LogP contribution in [0.25, 0.3) is 49.5 Å². The summed E-state index contributed by atoms with van der Waals surface area (Å²) >= 11 is 0. The second kappa shape index (κ2) is 10.7. The first kappa shape index (κ1) is 17.6. The first-order chi connectivity index (χ1) is 22.0. The molecule has 0 N–H and O–H groups in total. The number of hydrogen-bond donors (Lipinski definition) is 0. The number of aryl methyl sites for hydroxylation is 5. The molecule has 4 heterocycles. The fourth-order valence-corrected chi connectivity index (χ4v) is 4.71. The Morgan fingerprint density at radius 2 is 1.79 bits per heavy atom. The molecular formula is C34H28IrN4-2. The van der Waals surface area contributed by atoms with E-state index in [-0.39, 0.29) is 36.7 Å². The van der Waals surface area contributed by atoms with Crippen LogP contribution in [0.3, 0.4) is 0 Å². The molecule has 39 heavy (non-hydrogen) atoms. The quantitative estimate of drug-likeness (QED) is 0.0993. The van der Waals surface area contributed by atoms with Gasteiger partial charge in [0.25, 0.3) is 0 Å². The average molecular weight is 694 g/mol. The minimum absolute atomic E-state index is 0. The summed E-state index contributed by atoms with van der Waals surface area (Å²) in [6, 6.07) is 28.3. The normalized spacial score (nSPS) is 15.4. The summed E-state index contributed by atoms with van der Waals surface area (Å²) in [6.45, 7) is -3.42. The van der Waals surface area contributed by atoms with E-state index in [2.05, 4.69) is 22.2 Å². The van der Waals surface area contributed by atoms with Crippen molar-refractivity contribution in [3.63, 3.8) is 0 Å². The van der Waals surface area contributed by atoms with Crippen LogP contribution in [0.4, 0.5) is 0 Å². The van der Waals surface area contributed by atoms with Gasteiger partial charge in [0.15, 0.2) is 0 Å². The largest absolute Gasteiger partial charge is 0.304 e. The summed E-state index contributed by atoms with van der Waals surface area (Å²) in [7, 11) is 0. The Labute approximate surface area is 254 Å². The predicted molar refractivity (Wildman–Crippen MR) is 157 cm³/mol. The molecule has 4 aromatic heterocycles. The van der Waals surface area contributed by atoms with E-state index in [4.69, 9.17) is 17.3 Å². The van der Waals surface area contributed by atoms with Crippen molar-refractivity contribution in [1.82, 2.24) is 19.6 Å². The van der Waals surface area contributed by atoms with Gasteiger partial charge in [-0.05, 0) is 49.5 Å². The molecule has 0 unspecified atom stereocenters. The monoisotopic (exact) mass is 694 g/mol. The SMILES string of the molecule is [2H]C([2H])([2H])c1ccc(-c2[c-]c(C)cc(C)c2)nc1.[2H]C([2H])([2H])c1nn2c3cc4ccccc4nc3c3[c-]cccc3c2c1C([2H])([2H])[2H].[Ir].